The maximum absolute atomic E-state index is 11.2. The maximum atomic E-state index is 11.2. The van der Waals surface area contributed by atoms with Crippen molar-refractivity contribution in [2.75, 3.05) is 6.61 Å². The fourth-order valence-corrected chi connectivity index (χ4v) is 3.92. The summed E-state index contributed by atoms with van der Waals surface area (Å²) < 4.78 is 5.92. The normalized spacial score (nSPS) is 20.6. The Labute approximate surface area is 152 Å². The number of rotatable bonds is 5. The van der Waals surface area contributed by atoms with Gasteiger partial charge in [0, 0.05) is 11.2 Å². The van der Waals surface area contributed by atoms with Crippen LogP contribution < -0.4 is 4.74 Å². The predicted molar refractivity (Wildman–Crippen MR) is 96.3 cm³/mol. The van der Waals surface area contributed by atoms with Gasteiger partial charge < -0.3 is 4.74 Å². The maximum Gasteiger partial charge on any atom is 0.155 e. The van der Waals surface area contributed by atoms with Crippen LogP contribution in [-0.4, -0.2) is 17.9 Å². The first kappa shape index (κ1) is 17.2. The Morgan fingerprint density at radius 2 is 1.92 bits per heavy atom. The number of halogens is 2. The number of hydrogen-bond donors (Lipinski definition) is 0. The number of carbonyl (C=O) groups excluding carboxylic acids is 1. The number of ether oxygens (including phenoxy) is 1. The Morgan fingerprint density at radius 3 is 2.71 bits per heavy atom. The average molecular weight is 364 g/mol. The van der Waals surface area contributed by atoms with E-state index < -0.39 is 0 Å². The van der Waals surface area contributed by atoms with Crippen LogP contribution in [0.25, 0.3) is 0 Å². The molecule has 1 aliphatic rings. The molecule has 1 aliphatic carbocycles. The first-order valence-electron chi connectivity index (χ1n) is 8.16. The number of benzene rings is 1. The molecule has 1 heterocycles. The zero-order chi connectivity index (χ0) is 16.9. The largest absolute Gasteiger partial charge is 0.491 e. The highest BCUT2D eigenvalue weighted by Crippen LogP contribution is 2.40. The van der Waals surface area contributed by atoms with E-state index in [2.05, 4.69) is 11.1 Å². The molecule has 5 heteroatoms. The Balaban J connectivity index is 1.77. The van der Waals surface area contributed by atoms with E-state index in [9.17, 15) is 4.79 Å². The first-order chi connectivity index (χ1) is 11.7. The Kier molecular flexibility index (Phi) is 5.75. The van der Waals surface area contributed by atoms with Gasteiger partial charge in [-0.2, -0.15) is 0 Å². The standard InChI is InChI=1S/C19H19Cl2NO2/c20-17-8-4-3-7-15(17)14-6-2-1-5-13(14)12-24-19-10-22-9-18(21)16(19)11-23/h3-4,7-11,13-14H,1-2,5-6,12H2. The molecular weight excluding hydrogens is 345 g/mol. The summed E-state index contributed by atoms with van der Waals surface area (Å²) in [6.07, 6.45) is 8.28. The second kappa shape index (κ2) is 8.00. The number of aldehydes is 1. The van der Waals surface area contributed by atoms with Gasteiger partial charge in [-0.3, -0.25) is 9.78 Å². The lowest BCUT2D eigenvalue weighted by molar-refractivity contribution is 0.111. The van der Waals surface area contributed by atoms with E-state index in [-0.39, 0.29) is 0 Å². The SMILES string of the molecule is O=Cc1c(Cl)cncc1OCC1CCCCC1c1ccccc1Cl. The van der Waals surface area contributed by atoms with E-state index in [0.717, 1.165) is 17.9 Å². The summed E-state index contributed by atoms with van der Waals surface area (Å²) >= 11 is 12.4. The smallest absolute Gasteiger partial charge is 0.155 e. The number of aromatic nitrogens is 1. The molecule has 1 saturated carbocycles. The van der Waals surface area contributed by atoms with Crippen molar-refractivity contribution in [3.63, 3.8) is 0 Å². The summed E-state index contributed by atoms with van der Waals surface area (Å²) in [7, 11) is 0. The highest BCUT2D eigenvalue weighted by atomic mass is 35.5. The van der Waals surface area contributed by atoms with Crippen LogP contribution >= 0.6 is 23.2 Å². The Morgan fingerprint density at radius 1 is 1.12 bits per heavy atom. The van der Waals surface area contributed by atoms with Gasteiger partial charge in [-0.05, 0) is 36.3 Å². The summed E-state index contributed by atoms with van der Waals surface area (Å²) in [4.78, 5) is 15.2. The molecule has 0 amide bonds. The topological polar surface area (TPSA) is 39.2 Å². The molecule has 2 unspecified atom stereocenters. The number of carbonyl (C=O) groups is 1. The molecule has 0 radical (unpaired) electrons. The van der Waals surface area contributed by atoms with Crippen molar-refractivity contribution >= 4 is 29.5 Å². The summed E-state index contributed by atoms with van der Waals surface area (Å²) in [5.41, 5.74) is 1.55. The van der Waals surface area contributed by atoms with Gasteiger partial charge >= 0.3 is 0 Å². The Bertz CT molecular complexity index is 720. The number of nitrogens with zero attached hydrogens (tertiary/aromatic N) is 1. The van der Waals surface area contributed by atoms with E-state index in [4.69, 9.17) is 27.9 Å². The lowest BCUT2D eigenvalue weighted by Gasteiger charge is -2.32. The monoisotopic (exact) mass is 363 g/mol. The van der Waals surface area contributed by atoms with Crippen LogP contribution in [0.2, 0.25) is 10.0 Å². The Hall–Kier alpha value is -1.58. The number of hydrogen-bond acceptors (Lipinski definition) is 3. The molecule has 1 aromatic heterocycles. The predicted octanol–water partition coefficient (Wildman–Crippen LogP) is 5.55. The summed E-state index contributed by atoms with van der Waals surface area (Å²) in [6, 6.07) is 8.02. The minimum absolute atomic E-state index is 0.314. The second-order valence-corrected chi connectivity index (χ2v) is 6.95. The molecule has 3 rings (SSSR count). The zero-order valence-corrected chi connectivity index (χ0v) is 14.8. The molecule has 24 heavy (non-hydrogen) atoms. The molecule has 0 N–H and O–H groups in total. The van der Waals surface area contributed by atoms with Crippen molar-refractivity contribution in [2.24, 2.45) is 5.92 Å². The van der Waals surface area contributed by atoms with Gasteiger partial charge in [0.1, 0.15) is 5.75 Å². The fourth-order valence-electron chi connectivity index (χ4n) is 3.45. The van der Waals surface area contributed by atoms with Crippen molar-refractivity contribution < 1.29 is 9.53 Å². The van der Waals surface area contributed by atoms with Gasteiger partial charge in [-0.25, -0.2) is 0 Å². The van der Waals surface area contributed by atoms with Crippen LogP contribution in [0.3, 0.4) is 0 Å². The molecule has 2 aromatic rings. The van der Waals surface area contributed by atoms with Crippen LogP contribution in [0.4, 0.5) is 0 Å². The van der Waals surface area contributed by atoms with E-state index in [1.165, 1.54) is 24.6 Å². The van der Waals surface area contributed by atoms with Gasteiger partial charge in [0.25, 0.3) is 0 Å². The summed E-state index contributed by atoms with van der Waals surface area (Å²) in [5, 5.41) is 1.13. The van der Waals surface area contributed by atoms with E-state index in [0.29, 0.717) is 41.1 Å². The number of pyridine rings is 1. The van der Waals surface area contributed by atoms with Crippen LogP contribution in [0.15, 0.2) is 36.7 Å². The van der Waals surface area contributed by atoms with E-state index >= 15 is 0 Å². The molecule has 3 nitrogen and oxygen atoms in total. The molecule has 126 valence electrons. The van der Waals surface area contributed by atoms with Gasteiger partial charge in [0.05, 0.1) is 23.4 Å². The average Bonchev–Trinajstić information content (AvgIpc) is 2.61. The quantitative estimate of drug-likeness (QED) is 0.653. The second-order valence-electron chi connectivity index (χ2n) is 6.13. The summed E-state index contributed by atoms with van der Waals surface area (Å²) in [5.74, 6) is 1.18. The molecule has 1 fully saturated rings. The van der Waals surface area contributed by atoms with Crippen molar-refractivity contribution in [3.8, 4) is 5.75 Å². The third-order valence-corrected chi connectivity index (χ3v) is 5.33. The van der Waals surface area contributed by atoms with Crippen molar-refractivity contribution in [1.29, 1.82) is 0 Å². The minimum Gasteiger partial charge on any atom is -0.491 e. The van der Waals surface area contributed by atoms with Gasteiger partial charge in [-0.15, -0.1) is 0 Å². The van der Waals surface area contributed by atoms with Gasteiger partial charge in [0.2, 0.25) is 0 Å². The van der Waals surface area contributed by atoms with Crippen LogP contribution in [-0.2, 0) is 0 Å². The highest BCUT2D eigenvalue weighted by molar-refractivity contribution is 6.33. The molecule has 0 aliphatic heterocycles. The molecule has 1 aromatic carbocycles. The molecule has 2 atom stereocenters. The van der Waals surface area contributed by atoms with Crippen LogP contribution in [0.1, 0.15) is 47.5 Å². The first-order valence-corrected chi connectivity index (χ1v) is 8.92. The molecule has 0 bridgehead atoms. The minimum atomic E-state index is 0.314. The summed E-state index contributed by atoms with van der Waals surface area (Å²) in [6.45, 7) is 0.527. The highest BCUT2D eigenvalue weighted by Gasteiger charge is 2.28. The molecular formula is C19H19Cl2NO2. The molecule has 0 saturated heterocycles. The fraction of sp³-hybridized carbons (Fsp3) is 0.368. The third-order valence-electron chi connectivity index (χ3n) is 4.69. The van der Waals surface area contributed by atoms with Gasteiger partial charge in [0.15, 0.2) is 6.29 Å². The third kappa shape index (κ3) is 3.73. The van der Waals surface area contributed by atoms with Gasteiger partial charge in [-0.1, -0.05) is 54.2 Å². The van der Waals surface area contributed by atoms with Crippen molar-refractivity contribution in [1.82, 2.24) is 4.98 Å². The lowest BCUT2D eigenvalue weighted by Crippen LogP contribution is -2.24. The van der Waals surface area contributed by atoms with Crippen LogP contribution in [0, 0.1) is 5.92 Å². The molecule has 0 spiro atoms. The van der Waals surface area contributed by atoms with Crippen LogP contribution in [0.5, 0.6) is 5.75 Å². The van der Waals surface area contributed by atoms with Crippen molar-refractivity contribution in [2.45, 2.75) is 31.6 Å². The van der Waals surface area contributed by atoms with E-state index in [1.54, 1.807) is 6.20 Å². The zero-order valence-electron chi connectivity index (χ0n) is 13.3. The van der Waals surface area contributed by atoms with Crippen molar-refractivity contribution in [3.05, 3.63) is 57.8 Å². The van der Waals surface area contributed by atoms with E-state index in [1.807, 2.05) is 18.2 Å². The lowest BCUT2D eigenvalue weighted by atomic mass is 9.76.